The minimum atomic E-state index is -0.829. The van der Waals surface area contributed by atoms with Gasteiger partial charge in [0.25, 0.3) is 0 Å². The molecular formula is C32H33F2N5O4. The average molecular weight is 590 g/mol. The van der Waals surface area contributed by atoms with Crippen LogP contribution in [0.4, 0.5) is 18.4 Å². The fourth-order valence-corrected chi connectivity index (χ4v) is 4.56. The smallest absolute Gasteiger partial charge is 0.435 e. The molecule has 0 atom stereocenters. The topological polar surface area (TPSA) is 110 Å². The van der Waals surface area contributed by atoms with Crippen molar-refractivity contribution in [2.75, 3.05) is 7.05 Å². The van der Waals surface area contributed by atoms with E-state index in [9.17, 15) is 19.2 Å². The van der Waals surface area contributed by atoms with Crippen LogP contribution < -0.4 is 0 Å². The number of nitrogens with zero attached hydrogens (tertiary/aromatic N) is 5. The highest BCUT2D eigenvalue weighted by atomic mass is 19.1. The van der Waals surface area contributed by atoms with Gasteiger partial charge in [-0.3, -0.25) is 0 Å². The van der Waals surface area contributed by atoms with Crippen LogP contribution in [-0.4, -0.2) is 50.1 Å². The SMILES string of the molecule is Cc1cc(CN(C)C(=O)OC(C)(C)C)cc(F)c1-c1cc2c(-c3ccc(F)nc3)nn(C(=O)OC(C)(C)C)c2cc1C#N. The summed E-state index contributed by atoms with van der Waals surface area (Å²) in [6.45, 7) is 12.2. The average Bonchev–Trinajstić information content (AvgIpc) is 3.25. The molecule has 0 saturated heterocycles. The summed E-state index contributed by atoms with van der Waals surface area (Å²) in [5.74, 6) is -1.30. The largest absolute Gasteiger partial charge is 0.444 e. The van der Waals surface area contributed by atoms with Gasteiger partial charge in [-0.05, 0) is 89.9 Å². The molecule has 0 spiro atoms. The van der Waals surface area contributed by atoms with Crippen LogP contribution in [0.5, 0.6) is 0 Å². The molecule has 0 bridgehead atoms. The highest BCUT2D eigenvalue weighted by molar-refractivity contribution is 6.01. The molecule has 43 heavy (non-hydrogen) atoms. The molecule has 11 heteroatoms. The van der Waals surface area contributed by atoms with Crippen molar-refractivity contribution in [2.45, 2.75) is 66.2 Å². The van der Waals surface area contributed by atoms with Gasteiger partial charge in [-0.15, -0.1) is 0 Å². The van der Waals surface area contributed by atoms with Gasteiger partial charge in [0, 0.05) is 41.9 Å². The molecule has 9 nitrogen and oxygen atoms in total. The van der Waals surface area contributed by atoms with Crippen LogP contribution in [0.25, 0.3) is 33.3 Å². The molecule has 0 aliphatic heterocycles. The van der Waals surface area contributed by atoms with Crippen LogP contribution in [0.1, 0.15) is 58.2 Å². The number of ether oxygens (including phenoxy) is 2. The van der Waals surface area contributed by atoms with Crippen molar-refractivity contribution in [1.82, 2.24) is 19.7 Å². The van der Waals surface area contributed by atoms with Gasteiger partial charge in [-0.2, -0.15) is 19.4 Å². The molecule has 2 heterocycles. The lowest BCUT2D eigenvalue weighted by molar-refractivity contribution is 0.0284. The second-order valence-corrected chi connectivity index (χ2v) is 12.2. The molecule has 0 saturated carbocycles. The molecule has 2 aromatic heterocycles. The number of aryl methyl sites for hydroxylation is 1. The number of amides is 1. The zero-order valence-corrected chi connectivity index (χ0v) is 25.4. The number of carbonyl (C=O) groups is 2. The fourth-order valence-electron chi connectivity index (χ4n) is 4.56. The summed E-state index contributed by atoms with van der Waals surface area (Å²) >= 11 is 0. The first-order chi connectivity index (χ1) is 20.0. The number of fused-ring (bicyclic) bond motifs is 1. The molecule has 4 rings (SSSR count). The Balaban J connectivity index is 1.86. The highest BCUT2D eigenvalue weighted by Gasteiger charge is 2.26. The lowest BCUT2D eigenvalue weighted by Gasteiger charge is -2.25. The summed E-state index contributed by atoms with van der Waals surface area (Å²) in [6, 6.07) is 10.8. The van der Waals surface area contributed by atoms with E-state index in [2.05, 4.69) is 16.2 Å². The van der Waals surface area contributed by atoms with Gasteiger partial charge in [0.2, 0.25) is 5.95 Å². The Hall–Kier alpha value is -4.85. The van der Waals surface area contributed by atoms with Crippen LogP contribution in [0, 0.1) is 30.0 Å². The molecule has 2 aromatic carbocycles. The number of benzene rings is 2. The molecule has 224 valence electrons. The minimum absolute atomic E-state index is 0.0987. The Labute approximate surface area is 248 Å². The third-order valence-electron chi connectivity index (χ3n) is 6.25. The zero-order valence-electron chi connectivity index (χ0n) is 25.4. The van der Waals surface area contributed by atoms with E-state index in [0.29, 0.717) is 22.1 Å². The summed E-state index contributed by atoms with van der Waals surface area (Å²) < 4.78 is 41.4. The first kappa shape index (κ1) is 31.1. The Kier molecular flexibility index (Phi) is 8.27. The summed E-state index contributed by atoms with van der Waals surface area (Å²) in [6.07, 6.45) is -0.0520. The van der Waals surface area contributed by atoms with Gasteiger partial charge in [0.05, 0.1) is 17.1 Å². The molecule has 0 unspecified atom stereocenters. The maximum absolute atomic E-state index is 15.8. The van der Waals surface area contributed by atoms with E-state index in [1.54, 1.807) is 67.6 Å². The lowest BCUT2D eigenvalue weighted by atomic mass is 9.92. The third kappa shape index (κ3) is 6.97. The first-order valence-corrected chi connectivity index (χ1v) is 13.5. The third-order valence-corrected chi connectivity index (χ3v) is 6.25. The first-order valence-electron chi connectivity index (χ1n) is 13.5. The number of nitriles is 1. The van der Waals surface area contributed by atoms with E-state index in [1.807, 2.05) is 0 Å². The van der Waals surface area contributed by atoms with Gasteiger partial charge in [-0.1, -0.05) is 6.07 Å². The summed E-state index contributed by atoms with van der Waals surface area (Å²) in [7, 11) is 1.56. The van der Waals surface area contributed by atoms with E-state index >= 15 is 4.39 Å². The van der Waals surface area contributed by atoms with Crippen molar-refractivity contribution in [1.29, 1.82) is 5.26 Å². The minimum Gasteiger partial charge on any atom is -0.444 e. The number of halogens is 2. The van der Waals surface area contributed by atoms with E-state index in [-0.39, 0.29) is 34.4 Å². The second-order valence-electron chi connectivity index (χ2n) is 12.2. The van der Waals surface area contributed by atoms with Crippen LogP contribution in [0.2, 0.25) is 0 Å². The Bertz CT molecular complexity index is 1740. The molecule has 0 aliphatic rings. The van der Waals surface area contributed by atoms with Crippen molar-refractivity contribution in [3.8, 4) is 28.5 Å². The molecule has 4 aromatic rings. The Morgan fingerprint density at radius 1 is 1.02 bits per heavy atom. The predicted octanol–water partition coefficient (Wildman–Crippen LogP) is 7.37. The number of pyridine rings is 1. The monoisotopic (exact) mass is 589 g/mol. The molecule has 0 N–H and O–H groups in total. The predicted molar refractivity (Wildman–Crippen MR) is 157 cm³/mol. The number of carbonyl (C=O) groups excluding carboxylic acids is 2. The molecule has 0 aliphatic carbocycles. The van der Waals surface area contributed by atoms with Crippen LogP contribution >= 0.6 is 0 Å². The van der Waals surface area contributed by atoms with Gasteiger partial charge < -0.3 is 14.4 Å². The molecular weight excluding hydrogens is 556 g/mol. The van der Waals surface area contributed by atoms with E-state index in [4.69, 9.17) is 9.47 Å². The lowest BCUT2D eigenvalue weighted by Crippen LogP contribution is -2.33. The number of hydrogen-bond acceptors (Lipinski definition) is 7. The van der Waals surface area contributed by atoms with Crippen LogP contribution in [0.15, 0.2) is 42.6 Å². The van der Waals surface area contributed by atoms with Crippen molar-refractivity contribution in [3.05, 3.63) is 71.1 Å². The maximum Gasteiger partial charge on any atom is 0.435 e. The molecule has 0 radical (unpaired) electrons. The van der Waals surface area contributed by atoms with Gasteiger partial charge in [0.1, 0.15) is 22.7 Å². The summed E-state index contributed by atoms with van der Waals surface area (Å²) in [5, 5.41) is 14.9. The van der Waals surface area contributed by atoms with Gasteiger partial charge >= 0.3 is 12.2 Å². The Morgan fingerprint density at radius 3 is 2.26 bits per heavy atom. The second kappa shape index (κ2) is 11.4. The summed E-state index contributed by atoms with van der Waals surface area (Å²) in [4.78, 5) is 30.6. The highest BCUT2D eigenvalue weighted by Crippen LogP contribution is 2.37. The van der Waals surface area contributed by atoms with E-state index in [0.717, 1.165) is 10.7 Å². The molecule has 1 amide bonds. The van der Waals surface area contributed by atoms with Crippen molar-refractivity contribution < 1.29 is 27.8 Å². The standard InChI is InChI=1S/C32H33F2N5O4/c1-18-11-19(17-38(8)29(40)42-31(2,3)4)12-24(33)27(18)22-14-23-25(13-21(22)15-35)39(30(41)43-32(5,6)7)37-28(23)20-9-10-26(34)36-16-20/h9-14,16H,17H2,1-8H3. The van der Waals surface area contributed by atoms with Crippen LogP contribution in [-0.2, 0) is 16.0 Å². The summed E-state index contributed by atoms with van der Waals surface area (Å²) in [5.41, 5.74) is 1.02. The van der Waals surface area contributed by atoms with Crippen molar-refractivity contribution in [2.24, 2.45) is 0 Å². The number of aromatic nitrogens is 3. The van der Waals surface area contributed by atoms with E-state index in [1.165, 1.54) is 29.3 Å². The number of rotatable bonds is 4. The number of hydrogen-bond donors (Lipinski definition) is 0. The van der Waals surface area contributed by atoms with Gasteiger partial charge in [0.15, 0.2) is 0 Å². The maximum atomic E-state index is 15.8. The van der Waals surface area contributed by atoms with Gasteiger partial charge in [-0.25, -0.2) is 19.0 Å². The quantitative estimate of drug-likeness (QED) is 0.229. The Morgan fingerprint density at radius 2 is 1.70 bits per heavy atom. The van der Waals surface area contributed by atoms with Crippen LogP contribution in [0.3, 0.4) is 0 Å². The normalized spacial score (nSPS) is 11.7. The molecule has 0 fully saturated rings. The van der Waals surface area contributed by atoms with Crippen molar-refractivity contribution in [3.63, 3.8) is 0 Å². The van der Waals surface area contributed by atoms with E-state index < -0.39 is 35.2 Å². The zero-order chi connectivity index (χ0) is 31.9. The fraction of sp³-hybridized carbons (Fsp3) is 0.344. The van der Waals surface area contributed by atoms with Crippen molar-refractivity contribution >= 4 is 23.1 Å².